The number of rotatable bonds is 4. The molecule has 2 aromatic rings. The number of nitrogens with one attached hydrogen (secondary N) is 2. The molecule has 1 saturated heterocycles. The number of benzene rings is 1. The summed E-state index contributed by atoms with van der Waals surface area (Å²) in [5.74, 6) is 1.98. The van der Waals surface area contributed by atoms with Gasteiger partial charge in [-0.2, -0.15) is 4.98 Å². The van der Waals surface area contributed by atoms with Gasteiger partial charge in [-0.3, -0.25) is 4.99 Å². The Morgan fingerprint density at radius 2 is 2.10 bits per heavy atom. The van der Waals surface area contributed by atoms with E-state index in [-0.39, 0.29) is 35.4 Å². The molecule has 2 heterocycles. The van der Waals surface area contributed by atoms with Crippen LogP contribution in [0.1, 0.15) is 45.3 Å². The van der Waals surface area contributed by atoms with Crippen molar-refractivity contribution in [1.82, 2.24) is 20.8 Å². The molecule has 3 rings (SSSR count). The average Bonchev–Trinajstić information content (AvgIpc) is 3.15. The molecule has 2 N–H and O–H groups in total. The molecule has 0 saturated carbocycles. The summed E-state index contributed by atoms with van der Waals surface area (Å²) in [5, 5.41) is 11.6. The second-order valence-electron chi connectivity index (χ2n) is 8.07. The second-order valence-corrected chi connectivity index (χ2v) is 8.48. The lowest BCUT2D eigenvalue weighted by molar-refractivity contribution is 0.318. The number of nitrogens with zero attached hydrogens (tertiary/aromatic N) is 4. The maximum Gasteiger partial charge on any atom is 0.232 e. The first kappa shape index (κ1) is 23.7. The third-order valence-electron chi connectivity index (χ3n) is 4.70. The Labute approximate surface area is 194 Å². The topological polar surface area (TPSA) is 78.6 Å². The number of hydrogen-bond acceptors (Lipinski definition) is 5. The highest BCUT2D eigenvalue weighted by Crippen LogP contribution is 2.27. The fourth-order valence-electron chi connectivity index (χ4n) is 3.20. The standard InChI is InChI=1S/C20H29ClN6O.HI/c1-20(2,3)18-25-17(26-28-18)12-23-19(22-4)24-14-8-7-11-27(13-14)16-10-6-5-9-15(16)21;/h5-6,9-10,14H,7-8,11-13H2,1-4H3,(H2,22,23,24);1H. The van der Waals surface area contributed by atoms with Crippen molar-refractivity contribution in [3.8, 4) is 0 Å². The lowest BCUT2D eigenvalue weighted by Crippen LogP contribution is -2.51. The highest BCUT2D eigenvalue weighted by molar-refractivity contribution is 14.0. The van der Waals surface area contributed by atoms with Gasteiger partial charge in [-0.1, -0.05) is 49.7 Å². The Kier molecular flexibility index (Phi) is 8.57. The van der Waals surface area contributed by atoms with Gasteiger partial charge in [-0.05, 0) is 25.0 Å². The Bertz CT molecular complexity index is 819. The van der Waals surface area contributed by atoms with E-state index >= 15 is 0 Å². The van der Waals surface area contributed by atoms with E-state index in [1.54, 1.807) is 7.05 Å². The van der Waals surface area contributed by atoms with Crippen LogP contribution in [0.4, 0.5) is 5.69 Å². The number of anilines is 1. The molecule has 0 spiro atoms. The number of halogens is 2. The molecule has 7 nitrogen and oxygen atoms in total. The number of para-hydroxylation sites is 1. The summed E-state index contributed by atoms with van der Waals surface area (Å²) in [6.07, 6.45) is 2.18. The van der Waals surface area contributed by atoms with Crippen LogP contribution in [0.25, 0.3) is 0 Å². The maximum atomic E-state index is 6.37. The van der Waals surface area contributed by atoms with Crippen LogP contribution in [-0.4, -0.2) is 42.3 Å². The third kappa shape index (κ3) is 6.47. The van der Waals surface area contributed by atoms with Crippen LogP contribution in [0, 0.1) is 0 Å². The summed E-state index contributed by atoms with van der Waals surface area (Å²) in [4.78, 5) is 11.1. The fraction of sp³-hybridized carbons (Fsp3) is 0.550. The van der Waals surface area contributed by atoms with Crippen LogP contribution in [0.5, 0.6) is 0 Å². The molecule has 1 unspecified atom stereocenters. The van der Waals surface area contributed by atoms with E-state index in [0.29, 0.717) is 18.3 Å². The molecule has 1 aliphatic rings. The van der Waals surface area contributed by atoms with Gasteiger partial charge in [-0.25, -0.2) is 0 Å². The molecular formula is C20H30ClIN6O. The second kappa shape index (κ2) is 10.5. The van der Waals surface area contributed by atoms with Crippen molar-refractivity contribution in [2.24, 2.45) is 4.99 Å². The molecule has 0 radical (unpaired) electrons. The summed E-state index contributed by atoms with van der Waals surface area (Å²) < 4.78 is 5.34. The van der Waals surface area contributed by atoms with Gasteiger partial charge in [0.25, 0.3) is 0 Å². The Balaban J connectivity index is 0.00000300. The molecule has 0 bridgehead atoms. The summed E-state index contributed by atoms with van der Waals surface area (Å²) in [7, 11) is 1.76. The van der Waals surface area contributed by atoms with E-state index in [1.165, 1.54) is 0 Å². The Hall–Kier alpha value is -1.55. The zero-order valence-electron chi connectivity index (χ0n) is 17.4. The smallest absolute Gasteiger partial charge is 0.232 e. The Morgan fingerprint density at radius 1 is 1.34 bits per heavy atom. The van der Waals surface area contributed by atoms with E-state index < -0.39 is 0 Å². The van der Waals surface area contributed by atoms with Crippen molar-refractivity contribution in [1.29, 1.82) is 0 Å². The molecule has 0 aliphatic carbocycles. The number of hydrogen-bond donors (Lipinski definition) is 2. The lowest BCUT2D eigenvalue weighted by Gasteiger charge is -2.35. The number of guanidine groups is 1. The molecule has 29 heavy (non-hydrogen) atoms. The van der Waals surface area contributed by atoms with Crippen molar-refractivity contribution in [3.05, 3.63) is 41.0 Å². The van der Waals surface area contributed by atoms with Gasteiger partial charge in [0.15, 0.2) is 11.8 Å². The molecule has 1 atom stereocenters. The largest absolute Gasteiger partial charge is 0.368 e. The molecule has 160 valence electrons. The highest BCUT2D eigenvalue weighted by atomic mass is 127. The predicted molar refractivity (Wildman–Crippen MR) is 128 cm³/mol. The zero-order chi connectivity index (χ0) is 20.1. The molecule has 1 fully saturated rings. The SMILES string of the molecule is CN=C(NCc1noc(C(C)(C)C)n1)NC1CCCN(c2ccccc2Cl)C1.I. The van der Waals surface area contributed by atoms with Gasteiger partial charge in [0.1, 0.15) is 0 Å². The fourth-order valence-corrected chi connectivity index (χ4v) is 3.46. The minimum absolute atomic E-state index is 0. The van der Waals surface area contributed by atoms with Crippen molar-refractivity contribution < 1.29 is 4.52 Å². The molecule has 9 heteroatoms. The van der Waals surface area contributed by atoms with Gasteiger partial charge in [0.2, 0.25) is 5.89 Å². The molecule has 1 aromatic heterocycles. The van der Waals surface area contributed by atoms with Gasteiger partial charge in [-0.15, -0.1) is 24.0 Å². The summed E-state index contributed by atoms with van der Waals surface area (Å²) >= 11 is 6.37. The first-order chi connectivity index (χ1) is 13.4. The van der Waals surface area contributed by atoms with Crippen LogP contribution < -0.4 is 15.5 Å². The van der Waals surface area contributed by atoms with Crippen molar-refractivity contribution >= 4 is 47.2 Å². The van der Waals surface area contributed by atoms with E-state index in [9.17, 15) is 0 Å². The first-order valence-electron chi connectivity index (χ1n) is 9.66. The first-order valence-corrected chi connectivity index (χ1v) is 10.0. The van der Waals surface area contributed by atoms with Gasteiger partial charge < -0.3 is 20.1 Å². The number of aliphatic imine (C=N–C) groups is 1. The van der Waals surface area contributed by atoms with Crippen LogP contribution in [0.3, 0.4) is 0 Å². The molecule has 0 amide bonds. The van der Waals surface area contributed by atoms with Crippen LogP contribution in [0.2, 0.25) is 5.02 Å². The lowest BCUT2D eigenvalue weighted by atomic mass is 9.97. The quantitative estimate of drug-likeness (QED) is 0.352. The molecular weight excluding hydrogens is 503 g/mol. The van der Waals surface area contributed by atoms with Crippen molar-refractivity contribution in [2.75, 3.05) is 25.0 Å². The van der Waals surface area contributed by atoms with Crippen molar-refractivity contribution in [3.63, 3.8) is 0 Å². The minimum atomic E-state index is -0.157. The zero-order valence-corrected chi connectivity index (χ0v) is 20.5. The van der Waals surface area contributed by atoms with Crippen LogP contribution >= 0.6 is 35.6 Å². The van der Waals surface area contributed by atoms with Crippen molar-refractivity contribution in [2.45, 2.75) is 51.6 Å². The van der Waals surface area contributed by atoms with E-state index in [0.717, 1.165) is 42.6 Å². The average molecular weight is 533 g/mol. The van der Waals surface area contributed by atoms with Crippen LogP contribution in [-0.2, 0) is 12.0 Å². The summed E-state index contributed by atoms with van der Waals surface area (Å²) in [6, 6.07) is 8.27. The third-order valence-corrected chi connectivity index (χ3v) is 5.02. The predicted octanol–water partition coefficient (Wildman–Crippen LogP) is 3.97. The van der Waals surface area contributed by atoms with E-state index in [4.69, 9.17) is 16.1 Å². The Morgan fingerprint density at radius 3 is 2.76 bits per heavy atom. The normalized spacial score (nSPS) is 17.6. The molecule has 1 aromatic carbocycles. The van der Waals surface area contributed by atoms with E-state index in [2.05, 4.69) is 36.7 Å². The molecule has 1 aliphatic heterocycles. The van der Waals surface area contributed by atoms with Gasteiger partial charge in [0, 0.05) is 31.6 Å². The monoisotopic (exact) mass is 532 g/mol. The maximum absolute atomic E-state index is 6.37. The minimum Gasteiger partial charge on any atom is -0.368 e. The number of aromatic nitrogens is 2. The number of piperidine rings is 1. The summed E-state index contributed by atoms with van der Waals surface area (Å²) in [6.45, 7) is 8.48. The van der Waals surface area contributed by atoms with E-state index in [1.807, 2.05) is 39.0 Å². The highest BCUT2D eigenvalue weighted by Gasteiger charge is 2.23. The van der Waals surface area contributed by atoms with Gasteiger partial charge in [0.05, 0.1) is 17.3 Å². The summed E-state index contributed by atoms with van der Waals surface area (Å²) in [5.41, 5.74) is 0.926. The van der Waals surface area contributed by atoms with Crippen LogP contribution in [0.15, 0.2) is 33.8 Å². The van der Waals surface area contributed by atoms with Gasteiger partial charge >= 0.3 is 0 Å².